The topological polar surface area (TPSA) is 148 Å². The summed E-state index contributed by atoms with van der Waals surface area (Å²) in [5.41, 5.74) is -1.68. The molecule has 4 aliphatic rings. The Kier molecular flexibility index (Phi) is 8.71. The van der Waals surface area contributed by atoms with Gasteiger partial charge < -0.3 is 29.7 Å². The van der Waals surface area contributed by atoms with Gasteiger partial charge in [0.25, 0.3) is 0 Å². The Balaban J connectivity index is 1.36. The number of esters is 1. The summed E-state index contributed by atoms with van der Waals surface area (Å²) in [7, 11) is 2.90. The van der Waals surface area contributed by atoms with Crippen molar-refractivity contribution in [2.45, 2.75) is 89.6 Å². The molecule has 3 N–H and O–H groups in total. The van der Waals surface area contributed by atoms with Crippen LogP contribution in [0.5, 0.6) is 0 Å². The van der Waals surface area contributed by atoms with Crippen molar-refractivity contribution in [2.24, 2.45) is 28.6 Å². The largest absolute Gasteiger partial charge is 0.458 e. The van der Waals surface area contributed by atoms with Crippen LogP contribution in [-0.2, 0) is 33.4 Å². The molecule has 0 bridgehead atoms. The van der Waals surface area contributed by atoms with Crippen molar-refractivity contribution in [3.63, 3.8) is 0 Å². The molecule has 0 radical (unpaired) electrons. The molecule has 0 heterocycles. The van der Waals surface area contributed by atoms with E-state index in [0.29, 0.717) is 12.8 Å². The van der Waals surface area contributed by atoms with E-state index in [2.05, 4.69) is 12.2 Å². The second kappa shape index (κ2) is 11.4. The van der Waals surface area contributed by atoms with E-state index in [9.17, 15) is 29.4 Å². The molecule has 39 heavy (non-hydrogen) atoms. The molecule has 7 atom stereocenters. The molecule has 4 aliphatic carbocycles. The summed E-state index contributed by atoms with van der Waals surface area (Å²) in [6.45, 7) is 3.60. The van der Waals surface area contributed by atoms with Gasteiger partial charge in [-0.15, -0.1) is 0 Å². The first-order valence-electron chi connectivity index (χ1n) is 14.0. The van der Waals surface area contributed by atoms with Crippen LogP contribution in [0.2, 0.25) is 0 Å². The number of rotatable bonds is 10. The van der Waals surface area contributed by atoms with Crippen LogP contribution >= 0.6 is 0 Å². The molecule has 0 spiro atoms. The minimum absolute atomic E-state index is 0.0202. The Hall–Kier alpha value is -2.14. The Bertz CT molecular complexity index is 1020. The van der Waals surface area contributed by atoms with Crippen molar-refractivity contribution < 1.29 is 43.6 Å². The highest BCUT2D eigenvalue weighted by molar-refractivity contribution is 5.92. The molecule has 4 rings (SSSR count). The summed E-state index contributed by atoms with van der Waals surface area (Å²) >= 11 is 0. The van der Waals surface area contributed by atoms with Gasteiger partial charge in [0.1, 0.15) is 5.60 Å². The lowest BCUT2D eigenvalue weighted by Crippen LogP contribution is -2.62. The fraction of sp³-hybridized carbons (Fsp3) is 0.793. The van der Waals surface area contributed by atoms with Gasteiger partial charge in [0.2, 0.25) is 11.7 Å². The number of fused-ring (bicyclic) bond motifs is 5. The third-order valence-corrected chi connectivity index (χ3v) is 10.4. The van der Waals surface area contributed by atoms with Crippen molar-refractivity contribution in [3.05, 3.63) is 11.6 Å². The van der Waals surface area contributed by atoms with E-state index in [0.717, 1.165) is 24.8 Å². The minimum Gasteiger partial charge on any atom is -0.458 e. The molecule has 0 saturated heterocycles. The first kappa shape index (κ1) is 29.8. The molecule has 3 saturated carbocycles. The number of carbonyl (C=O) groups is 4. The second-order valence-electron chi connectivity index (χ2n) is 12.3. The van der Waals surface area contributed by atoms with E-state index < -0.39 is 41.8 Å². The number of carbonyl (C=O) groups excluding carboxylic acids is 4. The van der Waals surface area contributed by atoms with E-state index in [4.69, 9.17) is 14.2 Å². The predicted molar refractivity (Wildman–Crippen MR) is 139 cm³/mol. The molecule has 0 aromatic rings. The van der Waals surface area contributed by atoms with Gasteiger partial charge in [0.15, 0.2) is 18.7 Å². The standard InChI is InChI=1S/C29H43NO9/c1-27-11-9-18(31)13-17(27)5-6-19-20-10-12-29(36,28(20,2)14-21(32)26(19)27)22(33)16-39-24(35)8-7-23(34)30-15-25(37-3)38-4/h13,19-21,25-26,32,36H,5-12,14-16H2,1-4H3,(H,30,34)/t19?,20?,21?,26?,27-,28-,29-/m1/s1. The average Bonchev–Trinajstić information content (AvgIpc) is 3.17. The maximum atomic E-state index is 13.3. The lowest BCUT2D eigenvalue weighted by molar-refractivity contribution is -0.184. The molecular weight excluding hydrogens is 506 g/mol. The van der Waals surface area contributed by atoms with Crippen molar-refractivity contribution in [1.29, 1.82) is 0 Å². The van der Waals surface area contributed by atoms with Crippen LogP contribution in [0.4, 0.5) is 0 Å². The van der Waals surface area contributed by atoms with Gasteiger partial charge in [0, 0.05) is 32.5 Å². The van der Waals surface area contributed by atoms with Crippen LogP contribution in [0.25, 0.3) is 0 Å². The molecule has 1 amide bonds. The highest BCUT2D eigenvalue weighted by atomic mass is 16.7. The minimum atomic E-state index is -1.71. The summed E-state index contributed by atoms with van der Waals surface area (Å²) in [5.74, 6) is -1.34. The maximum absolute atomic E-state index is 13.3. The number of aliphatic hydroxyl groups excluding tert-OH is 1. The van der Waals surface area contributed by atoms with Crippen LogP contribution in [0.3, 0.4) is 0 Å². The average molecular weight is 550 g/mol. The van der Waals surface area contributed by atoms with Gasteiger partial charge in [-0.1, -0.05) is 19.4 Å². The molecule has 218 valence electrons. The zero-order valence-corrected chi connectivity index (χ0v) is 23.5. The number of ketones is 2. The number of Topliss-reactive ketones (excluding diaryl/α,β-unsaturated/α-hetero) is 1. The van der Waals surface area contributed by atoms with E-state index >= 15 is 0 Å². The highest BCUT2D eigenvalue weighted by Gasteiger charge is 2.68. The molecule has 10 heteroatoms. The van der Waals surface area contributed by atoms with Gasteiger partial charge in [-0.2, -0.15) is 0 Å². The van der Waals surface area contributed by atoms with Gasteiger partial charge in [-0.05, 0) is 67.8 Å². The highest BCUT2D eigenvalue weighted by Crippen LogP contribution is 2.67. The molecule has 3 fully saturated rings. The number of amides is 1. The molecule has 0 aromatic heterocycles. The fourth-order valence-corrected chi connectivity index (χ4v) is 8.25. The first-order valence-corrected chi connectivity index (χ1v) is 14.0. The summed E-state index contributed by atoms with van der Waals surface area (Å²) < 4.78 is 15.2. The predicted octanol–water partition coefficient (Wildman–Crippen LogP) is 1.85. The van der Waals surface area contributed by atoms with Gasteiger partial charge in [0.05, 0.1) is 19.1 Å². The van der Waals surface area contributed by atoms with Gasteiger partial charge in [-0.25, -0.2) is 0 Å². The lowest BCUT2D eigenvalue weighted by atomic mass is 9.45. The SMILES string of the molecule is COC(CNC(=O)CCC(=O)OCC(=O)[C@]1(O)CCC2C3CCC4=CC(=O)CC[C@@]4(C)C3C(O)C[C@]21C)OC. The number of hydrogen-bond donors (Lipinski definition) is 3. The maximum Gasteiger partial charge on any atom is 0.306 e. The van der Waals surface area contributed by atoms with E-state index in [-0.39, 0.29) is 67.1 Å². The number of methoxy groups -OCH3 is 2. The zero-order valence-electron chi connectivity index (χ0n) is 23.5. The third-order valence-electron chi connectivity index (χ3n) is 10.4. The number of allylic oxidation sites excluding steroid dienone is 1. The van der Waals surface area contributed by atoms with Crippen molar-refractivity contribution in [1.82, 2.24) is 5.32 Å². The Labute approximate surface area is 229 Å². The number of nitrogens with one attached hydrogen (secondary N) is 1. The molecule has 0 aliphatic heterocycles. The summed E-state index contributed by atoms with van der Waals surface area (Å²) in [6, 6.07) is 0. The van der Waals surface area contributed by atoms with E-state index in [1.54, 1.807) is 6.08 Å². The van der Waals surface area contributed by atoms with Crippen LogP contribution in [0.15, 0.2) is 11.6 Å². The van der Waals surface area contributed by atoms with E-state index in [1.165, 1.54) is 14.2 Å². The molecule has 0 aromatic carbocycles. The quantitative estimate of drug-likeness (QED) is 0.274. The van der Waals surface area contributed by atoms with Crippen LogP contribution < -0.4 is 5.32 Å². The molecule has 4 unspecified atom stereocenters. The van der Waals surface area contributed by atoms with Gasteiger partial charge in [-0.3, -0.25) is 19.2 Å². The molecule has 10 nitrogen and oxygen atoms in total. The number of hydrogen-bond acceptors (Lipinski definition) is 9. The summed E-state index contributed by atoms with van der Waals surface area (Å²) in [6.07, 6.45) is 4.13. The Morgan fingerprint density at radius 1 is 1.10 bits per heavy atom. The van der Waals surface area contributed by atoms with Crippen molar-refractivity contribution in [2.75, 3.05) is 27.4 Å². The number of ether oxygens (including phenoxy) is 3. The van der Waals surface area contributed by atoms with E-state index in [1.807, 2.05) is 6.92 Å². The summed E-state index contributed by atoms with van der Waals surface area (Å²) in [4.78, 5) is 49.7. The Morgan fingerprint density at radius 2 is 1.82 bits per heavy atom. The lowest BCUT2D eigenvalue weighted by Gasteiger charge is -2.60. The van der Waals surface area contributed by atoms with Crippen molar-refractivity contribution in [3.8, 4) is 0 Å². The monoisotopic (exact) mass is 549 g/mol. The Morgan fingerprint density at radius 3 is 2.51 bits per heavy atom. The molecular formula is C29H43NO9. The summed E-state index contributed by atoms with van der Waals surface area (Å²) in [5, 5.41) is 25.8. The normalized spacial score (nSPS) is 37.4. The third kappa shape index (κ3) is 5.33. The van der Waals surface area contributed by atoms with Crippen LogP contribution in [0.1, 0.15) is 71.6 Å². The van der Waals surface area contributed by atoms with Crippen LogP contribution in [-0.4, -0.2) is 79.0 Å². The van der Waals surface area contributed by atoms with Crippen LogP contribution in [0, 0.1) is 28.6 Å². The second-order valence-corrected chi connectivity index (χ2v) is 12.3. The smallest absolute Gasteiger partial charge is 0.306 e. The zero-order chi connectivity index (χ0) is 28.6. The number of aliphatic hydroxyl groups is 2. The van der Waals surface area contributed by atoms with Gasteiger partial charge >= 0.3 is 5.97 Å². The fourth-order valence-electron chi connectivity index (χ4n) is 8.25. The van der Waals surface area contributed by atoms with Crippen molar-refractivity contribution >= 4 is 23.4 Å². The first-order chi connectivity index (χ1) is 18.4.